The van der Waals surface area contributed by atoms with Crippen LogP contribution in [0.4, 0.5) is 0 Å². The molecule has 0 unspecified atom stereocenters. The Labute approximate surface area is 298 Å². The number of hydrogen-bond donors (Lipinski definition) is 0. The van der Waals surface area contributed by atoms with Gasteiger partial charge < -0.3 is 4.57 Å². The van der Waals surface area contributed by atoms with Crippen LogP contribution >= 0.6 is 0 Å². The Bertz CT molecular complexity index is 3290. The summed E-state index contributed by atoms with van der Waals surface area (Å²) in [5, 5.41) is 8.53. The molecule has 0 spiro atoms. The summed E-state index contributed by atoms with van der Waals surface area (Å²) in [6.45, 7) is 0. The van der Waals surface area contributed by atoms with Crippen molar-refractivity contribution in [3.63, 3.8) is 0 Å². The number of hydrogen-bond acceptors (Lipinski definition) is 2. The van der Waals surface area contributed by atoms with E-state index in [1.165, 1.54) is 76.7 Å². The van der Waals surface area contributed by atoms with Crippen molar-refractivity contribution in [3.05, 3.63) is 170 Å². The van der Waals surface area contributed by atoms with Crippen molar-refractivity contribution in [2.45, 2.75) is 0 Å². The molecule has 4 heterocycles. The van der Waals surface area contributed by atoms with E-state index in [-0.39, 0.29) is 0 Å². The van der Waals surface area contributed by atoms with Gasteiger partial charge in [0.1, 0.15) is 5.82 Å². The normalized spacial score (nSPS) is 12.2. The van der Waals surface area contributed by atoms with Gasteiger partial charge in [0.05, 0.1) is 22.1 Å². The molecule has 0 bridgehead atoms. The molecule has 240 valence electrons. The maximum Gasteiger partial charge on any atom is 0.162 e. The average molecular weight is 661 g/mol. The number of nitrogens with zero attached hydrogens (tertiary/aromatic N) is 4. The number of pyridine rings is 2. The highest BCUT2D eigenvalue weighted by Crippen LogP contribution is 2.47. The monoisotopic (exact) mass is 660 g/mol. The number of rotatable bonds is 3. The molecule has 0 saturated heterocycles. The molecule has 4 heteroatoms. The molecular formula is C48H28N4. The van der Waals surface area contributed by atoms with Crippen molar-refractivity contribution in [2.75, 3.05) is 0 Å². The Kier molecular flexibility index (Phi) is 5.47. The van der Waals surface area contributed by atoms with E-state index in [0.717, 1.165) is 33.6 Å². The fourth-order valence-corrected chi connectivity index (χ4v) is 8.79. The highest BCUT2D eigenvalue weighted by molar-refractivity contribution is 6.16. The quantitative estimate of drug-likeness (QED) is 0.189. The fourth-order valence-electron chi connectivity index (χ4n) is 8.79. The van der Waals surface area contributed by atoms with E-state index in [0.29, 0.717) is 0 Å². The van der Waals surface area contributed by atoms with Gasteiger partial charge in [0.2, 0.25) is 0 Å². The van der Waals surface area contributed by atoms with E-state index in [1.54, 1.807) is 0 Å². The lowest BCUT2D eigenvalue weighted by Crippen LogP contribution is -1.99. The summed E-state index contributed by atoms with van der Waals surface area (Å²) in [6, 6.07) is 59.5. The van der Waals surface area contributed by atoms with Crippen molar-refractivity contribution < 1.29 is 0 Å². The molecule has 52 heavy (non-hydrogen) atoms. The lowest BCUT2D eigenvalue weighted by molar-refractivity contribution is 1.09. The molecule has 0 fully saturated rings. The zero-order valence-electron chi connectivity index (χ0n) is 28.0. The minimum atomic E-state index is 0.777. The number of para-hydroxylation sites is 2. The van der Waals surface area contributed by atoms with E-state index < -0.39 is 0 Å². The van der Waals surface area contributed by atoms with Crippen LogP contribution in [0.3, 0.4) is 0 Å². The molecule has 12 rings (SSSR count). The van der Waals surface area contributed by atoms with Gasteiger partial charge in [0, 0.05) is 38.8 Å². The average Bonchev–Trinajstić information content (AvgIpc) is 3.83. The van der Waals surface area contributed by atoms with Crippen LogP contribution < -0.4 is 0 Å². The van der Waals surface area contributed by atoms with Crippen LogP contribution in [0.5, 0.6) is 0 Å². The summed E-state index contributed by atoms with van der Waals surface area (Å²) in [5.74, 6) is 0.880. The molecule has 0 atom stereocenters. The van der Waals surface area contributed by atoms with Gasteiger partial charge in [-0.05, 0) is 111 Å². The van der Waals surface area contributed by atoms with Gasteiger partial charge in [-0.1, -0.05) is 97.1 Å². The maximum atomic E-state index is 5.20. The van der Waals surface area contributed by atoms with Crippen LogP contribution in [0.1, 0.15) is 0 Å². The van der Waals surface area contributed by atoms with E-state index >= 15 is 0 Å². The molecule has 4 aromatic heterocycles. The Hall–Kier alpha value is -7.04. The standard InChI is InChI=1S/C48H28N4/c1-2-12-33(13-3-1)51-43-20-18-32(26-39(43)40-24-29-10-4-5-11-30(29)27-45(40)51)31-19-21-44-38(25-31)36-16-8-9-17-42(36)52(44)46-28-41-35-15-7-6-14-34(35)37-22-23-49-48(50-46)47(37)41/h1-28H. The Morgan fingerprint density at radius 1 is 0.385 bits per heavy atom. The van der Waals surface area contributed by atoms with Crippen LogP contribution in [0.25, 0.3) is 110 Å². The second-order valence-corrected chi connectivity index (χ2v) is 13.8. The molecule has 0 aliphatic heterocycles. The van der Waals surface area contributed by atoms with Crippen LogP contribution in [-0.2, 0) is 0 Å². The molecule has 1 aliphatic rings. The first-order chi connectivity index (χ1) is 25.8. The van der Waals surface area contributed by atoms with Crippen LogP contribution in [-0.4, -0.2) is 19.1 Å². The number of aromatic nitrogens is 4. The SMILES string of the molecule is c1ccc(-n2c3ccc(-c4ccc5c(c4)c4ccccc4n5-c4cc5c6c(ccnc6n4)-c4ccccc4-5)cc3c3cc4ccccc4cc32)cc1. The smallest absolute Gasteiger partial charge is 0.162 e. The largest absolute Gasteiger partial charge is 0.309 e. The highest BCUT2D eigenvalue weighted by atomic mass is 15.1. The Morgan fingerprint density at radius 2 is 1.00 bits per heavy atom. The molecule has 4 nitrogen and oxygen atoms in total. The first-order valence-corrected chi connectivity index (χ1v) is 17.7. The van der Waals surface area contributed by atoms with Crippen molar-refractivity contribution in [3.8, 4) is 44.9 Å². The van der Waals surface area contributed by atoms with Crippen molar-refractivity contribution in [1.82, 2.24) is 19.1 Å². The summed E-state index contributed by atoms with van der Waals surface area (Å²) in [7, 11) is 0. The summed E-state index contributed by atoms with van der Waals surface area (Å²) in [4.78, 5) is 9.97. The number of benzene rings is 7. The second-order valence-electron chi connectivity index (χ2n) is 13.8. The molecule has 0 N–H and O–H groups in total. The molecule has 0 saturated carbocycles. The zero-order chi connectivity index (χ0) is 33.9. The topological polar surface area (TPSA) is 35.6 Å². The lowest BCUT2D eigenvalue weighted by atomic mass is 10.00. The van der Waals surface area contributed by atoms with E-state index in [4.69, 9.17) is 9.97 Å². The summed E-state index contributed by atoms with van der Waals surface area (Å²) >= 11 is 0. The van der Waals surface area contributed by atoms with Crippen molar-refractivity contribution in [1.29, 1.82) is 0 Å². The van der Waals surface area contributed by atoms with Gasteiger partial charge in [-0.15, -0.1) is 0 Å². The lowest BCUT2D eigenvalue weighted by Gasteiger charge is -2.11. The highest BCUT2D eigenvalue weighted by Gasteiger charge is 2.24. The minimum absolute atomic E-state index is 0.777. The molecule has 0 amide bonds. The molecular weight excluding hydrogens is 633 g/mol. The van der Waals surface area contributed by atoms with E-state index in [1.807, 2.05) is 6.20 Å². The maximum absolute atomic E-state index is 5.20. The van der Waals surface area contributed by atoms with Crippen LogP contribution in [0, 0.1) is 0 Å². The third kappa shape index (κ3) is 3.75. The zero-order valence-corrected chi connectivity index (χ0v) is 28.0. The van der Waals surface area contributed by atoms with E-state index in [2.05, 4.69) is 173 Å². The fraction of sp³-hybridized carbons (Fsp3) is 0. The Morgan fingerprint density at radius 3 is 1.81 bits per heavy atom. The van der Waals surface area contributed by atoms with Gasteiger partial charge in [-0.3, -0.25) is 4.57 Å². The molecule has 1 aliphatic carbocycles. The van der Waals surface area contributed by atoms with Crippen molar-refractivity contribution in [2.24, 2.45) is 0 Å². The number of fused-ring (bicyclic) bond motifs is 10. The van der Waals surface area contributed by atoms with Gasteiger partial charge in [0.15, 0.2) is 5.65 Å². The first kappa shape index (κ1) is 27.7. The summed E-state index contributed by atoms with van der Waals surface area (Å²) < 4.78 is 4.71. The van der Waals surface area contributed by atoms with Crippen molar-refractivity contribution >= 4 is 65.4 Å². The van der Waals surface area contributed by atoms with Crippen LogP contribution in [0.2, 0.25) is 0 Å². The Balaban J connectivity index is 1.08. The predicted octanol–water partition coefficient (Wildman–Crippen LogP) is 12.3. The van der Waals surface area contributed by atoms with Crippen LogP contribution in [0.15, 0.2) is 170 Å². The molecule has 0 radical (unpaired) electrons. The van der Waals surface area contributed by atoms with Gasteiger partial charge in [-0.25, -0.2) is 9.97 Å². The summed E-state index contributed by atoms with van der Waals surface area (Å²) in [5.41, 5.74) is 13.9. The minimum Gasteiger partial charge on any atom is -0.309 e. The van der Waals surface area contributed by atoms with Gasteiger partial charge in [0.25, 0.3) is 0 Å². The third-order valence-electron chi connectivity index (χ3n) is 11.1. The first-order valence-electron chi connectivity index (χ1n) is 17.7. The third-order valence-corrected chi connectivity index (χ3v) is 11.1. The van der Waals surface area contributed by atoms with Gasteiger partial charge >= 0.3 is 0 Å². The predicted molar refractivity (Wildman–Crippen MR) is 216 cm³/mol. The van der Waals surface area contributed by atoms with Gasteiger partial charge in [-0.2, -0.15) is 0 Å². The van der Waals surface area contributed by atoms with E-state index in [9.17, 15) is 0 Å². The molecule has 11 aromatic rings. The second kappa shape index (κ2) is 10.3. The molecule has 7 aromatic carbocycles. The summed E-state index contributed by atoms with van der Waals surface area (Å²) in [6.07, 6.45) is 1.88.